The second kappa shape index (κ2) is 5.75. The molecule has 0 saturated heterocycles. The Balaban J connectivity index is 1.76. The number of aromatic amines is 1. The molecule has 2 heterocycles. The van der Waals surface area contributed by atoms with Crippen LogP contribution in [0, 0.1) is 0 Å². The summed E-state index contributed by atoms with van der Waals surface area (Å²) < 4.78 is 0. The molecule has 4 nitrogen and oxygen atoms in total. The average molecular weight is 285 g/mol. The van der Waals surface area contributed by atoms with E-state index in [2.05, 4.69) is 32.6 Å². The van der Waals surface area contributed by atoms with E-state index in [-0.39, 0.29) is 0 Å². The van der Waals surface area contributed by atoms with Gasteiger partial charge in [0, 0.05) is 12.1 Å². The fourth-order valence-electron chi connectivity index (χ4n) is 1.98. The zero-order valence-electron chi connectivity index (χ0n) is 10.7. The summed E-state index contributed by atoms with van der Waals surface area (Å²) in [5.74, 6) is 0. The molecule has 0 aliphatic heterocycles. The molecule has 3 rings (SSSR count). The van der Waals surface area contributed by atoms with Crippen molar-refractivity contribution < 1.29 is 0 Å². The lowest BCUT2D eigenvalue weighted by Gasteiger charge is -2.06. The summed E-state index contributed by atoms with van der Waals surface area (Å²) in [6.45, 7) is 0.671. The van der Waals surface area contributed by atoms with Gasteiger partial charge in [-0.2, -0.15) is 5.10 Å². The van der Waals surface area contributed by atoms with Gasteiger partial charge in [0.15, 0.2) is 0 Å². The highest BCUT2D eigenvalue weighted by Crippen LogP contribution is 2.21. The standard InChI is InChI=1S/C15H13ClN4/c16-14-7-6-13(10-18-14)17-8-12-9-19-20-15(12)11-4-2-1-3-5-11/h1-7,9-10,17H,8H2,(H,19,20). The van der Waals surface area contributed by atoms with Gasteiger partial charge in [-0.25, -0.2) is 4.98 Å². The Labute approximate surface area is 121 Å². The highest BCUT2D eigenvalue weighted by atomic mass is 35.5. The van der Waals surface area contributed by atoms with E-state index in [0.717, 1.165) is 22.5 Å². The van der Waals surface area contributed by atoms with E-state index < -0.39 is 0 Å². The smallest absolute Gasteiger partial charge is 0.129 e. The maximum atomic E-state index is 5.76. The van der Waals surface area contributed by atoms with E-state index in [1.807, 2.05) is 30.5 Å². The number of anilines is 1. The second-order valence-electron chi connectivity index (χ2n) is 4.36. The van der Waals surface area contributed by atoms with E-state index >= 15 is 0 Å². The predicted molar refractivity (Wildman–Crippen MR) is 80.6 cm³/mol. The van der Waals surface area contributed by atoms with E-state index in [1.54, 1.807) is 12.3 Å². The topological polar surface area (TPSA) is 53.6 Å². The molecule has 3 aromatic rings. The van der Waals surface area contributed by atoms with Crippen LogP contribution in [0.1, 0.15) is 5.56 Å². The minimum absolute atomic E-state index is 0.490. The van der Waals surface area contributed by atoms with Crippen molar-refractivity contribution in [3.8, 4) is 11.3 Å². The normalized spacial score (nSPS) is 10.4. The first-order chi connectivity index (χ1) is 9.83. The number of halogens is 1. The first-order valence-electron chi connectivity index (χ1n) is 6.26. The molecule has 5 heteroatoms. The lowest BCUT2D eigenvalue weighted by Crippen LogP contribution is -2.00. The summed E-state index contributed by atoms with van der Waals surface area (Å²) in [5.41, 5.74) is 4.18. The zero-order valence-corrected chi connectivity index (χ0v) is 11.4. The van der Waals surface area contributed by atoms with Gasteiger partial charge in [0.1, 0.15) is 5.15 Å². The Kier molecular flexibility index (Phi) is 3.65. The van der Waals surface area contributed by atoms with E-state index in [9.17, 15) is 0 Å². The molecule has 0 aliphatic carbocycles. The summed E-state index contributed by atoms with van der Waals surface area (Å²) in [7, 11) is 0. The predicted octanol–water partition coefficient (Wildman–Crippen LogP) is 3.74. The highest BCUT2D eigenvalue weighted by molar-refractivity contribution is 6.29. The van der Waals surface area contributed by atoms with Crippen molar-refractivity contribution in [2.24, 2.45) is 0 Å². The van der Waals surface area contributed by atoms with Gasteiger partial charge in [-0.15, -0.1) is 0 Å². The third kappa shape index (κ3) is 2.81. The van der Waals surface area contributed by atoms with Gasteiger partial charge in [0.25, 0.3) is 0 Å². The second-order valence-corrected chi connectivity index (χ2v) is 4.75. The molecular weight excluding hydrogens is 272 g/mol. The van der Waals surface area contributed by atoms with Gasteiger partial charge < -0.3 is 5.32 Å². The van der Waals surface area contributed by atoms with Crippen molar-refractivity contribution in [2.75, 3.05) is 5.32 Å². The number of H-pyrrole nitrogens is 1. The molecule has 0 atom stereocenters. The van der Waals surface area contributed by atoms with Crippen molar-refractivity contribution in [1.29, 1.82) is 0 Å². The fraction of sp³-hybridized carbons (Fsp3) is 0.0667. The number of pyridine rings is 1. The third-order valence-electron chi connectivity index (χ3n) is 2.99. The van der Waals surface area contributed by atoms with Crippen molar-refractivity contribution >= 4 is 17.3 Å². The van der Waals surface area contributed by atoms with Crippen LogP contribution in [-0.4, -0.2) is 15.2 Å². The quantitative estimate of drug-likeness (QED) is 0.718. The van der Waals surface area contributed by atoms with Crippen LogP contribution < -0.4 is 5.32 Å². The summed E-state index contributed by atoms with van der Waals surface area (Å²) in [4.78, 5) is 4.04. The van der Waals surface area contributed by atoms with Crippen molar-refractivity contribution in [2.45, 2.75) is 6.54 Å². The Hall–Kier alpha value is -2.33. The fourth-order valence-corrected chi connectivity index (χ4v) is 2.09. The number of hydrogen-bond donors (Lipinski definition) is 2. The maximum Gasteiger partial charge on any atom is 0.129 e. The van der Waals surface area contributed by atoms with E-state index in [0.29, 0.717) is 11.7 Å². The average Bonchev–Trinajstić information content (AvgIpc) is 2.96. The van der Waals surface area contributed by atoms with Crippen molar-refractivity contribution in [3.05, 3.63) is 65.6 Å². The zero-order chi connectivity index (χ0) is 13.8. The molecular formula is C15H13ClN4. The lowest BCUT2D eigenvalue weighted by molar-refractivity contribution is 1.10. The molecule has 0 aliphatic rings. The minimum Gasteiger partial charge on any atom is -0.380 e. The molecule has 2 N–H and O–H groups in total. The first kappa shape index (κ1) is 12.7. The van der Waals surface area contributed by atoms with Crippen LogP contribution in [0.25, 0.3) is 11.3 Å². The van der Waals surface area contributed by atoms with Gasteiger partial charge in [-0.1, -0.05) is 41.9 Å². The van der Waals surface area contributed by atoms with Gasteiger partial charge >= 0.3 is 0 Å². The summed E-state index contributed by atoms with van der Waals surface area (Å²) >= 11 is 5.76. The number of nitrogens with zero attached hydrogens (tertiary/aromatic N) is 2. The Morgan fingerprint density at radius 1 is 1.05 bits per heavy atom. The van der Waals surface area contributed by atoms with Crippen molar-refractivity contribution in [3.63, 3.8) is 0 Å². The molecule has 2 aromatic heterocycles. The summed E-state index contributed by atoms with van der Waals surface area (Å²) in [6, 6.07) is 13.8. The first-order valence-corrected chi connectivity index (χ1v) is 6.64. The molecule has 0 saturated carbocycles. The molecule has 20 heavy (non-hydrogen) atoms. The van der Waals surface area contributed by atoms with Crippen LogP contribution in [0.3, 0.4) is 0 Å². The van der Waals surface area contributed by atoms with E-state index in [4.69, 9.17) is 11.6 Å². The molecule has 100 valence electrons. The van der Waals surface area contributed by atoms with Gasteiger partial charge in [0.2, 0.25) is 0 Å². The largest absolute Gasteiger partial charge is 0.380 e. The van der Waals surface area contributed by atoms with Crippen molar-refractivity contribution in [1.82, 2.24) is 15.2 Å². The van der Waals surface area contributed by atoms with Gasteiger partial charge in [-0.3, -0.25) is 5.10 Å². The molecule has 0 bridgehead atoms. The Morgan fingerprint density at radius 3 is 2.65 bits per heavy atom. The molecule has 0 amide bonds. The number of rotatable bonds is 4. The highest BCUT2D eigenvalue weighted by Gasteiger charge is 2.07. The van der Waals surface area contributed by atoms with Crippen LogP contribution in [-0.2, 0) is 6.54 Å². The number of aromatic nitrogens is 3. The summed E-state index contributed by atoms with van der Waals surface area (Å²) in [5, 5.41) is 11.0. The van der Waals surface area contributed by atoms with Gasteiger partial charge in [0.05, 0.1) is 23.8 Å². The Morgan fingerprint density at radius 2 is 1.90 bits per heavy atom. The van der Waals surface area contributed by atoms with Crippen LogP contribution in [0.5, 0.6) is 0 Å². The SMILES string of the molecule is Clc1ccc(NCc2cn[nH]c2-c2ccccc2)cn1. The molecule has 0 fully saturated rings. The minimum atomic E-state index is 0.490. The van der Waals surface area contributed by atoms with Crippen LogP contribution >= 0.6 is 11.6 Å². The van der Waals surface area contributed by atoms with E-state index in [1.165, 1.54) is 0 Å². The number of hydrogen-bond acceptors (Lipinski definition) is 3. The van der Waals surface area contributed by atoms with Crippen LogP contribution in [0.4, 0.5) is 5.69 Å². The lowest BCUT2D eigenvalue weighted by atomic mass is 10.1. The monoisotopic (exact) mass is 284 g/mol. The number of benzene rings is 1. The molecule has 0 unspecified atom stereocenters. The third-order valence-corrected chi connectivity index (χ3v) is 3.21. The van der Waals surface area contributed by atoms with Crippen LogP contribution in [0.2, 0.25) is 5.15 Å². The summed E-state index contributed by atoms with van der Waals surface area (Å²) in [6.07, 6.45) is 3.54. The molecule has 1 aromatic carbocycles. The number of nitrogens with one attached hydrogen (secondary N) is 2. The molecule has 0 spiro atoms. The van der Waals surface area contributed by atoms with Crippen LogP contribution in [0.15, 0.2) is 54.9 Å². The maximum absolute atomic E-state index is 5.76. The Bertz CT molecular complexity index is 677. The molecule has 0 radical (unpaired) electrons. The van der Waals surface area contributed by atoms with Gasteiger partial charge in [-0.05, 0) is 17.7 Å².